The predicted molar refractivity (Wildman–Crippen MR) is 82.8 cm³/mol. The third-order valence-electron chi connectivity index (χ3n) is 5.53. The van der Waals surface area contributed by atoms with Crippen LogP contribution in [0.5, 0.6) is 0 Å². The van der Waals surface area contributed by atoms with E-state index in [2.05, 4.69) is 12.2 Å². The summed E-state index contributed by atoms with van der Waals surface area (Å²) >= 11 is 0. The Hall–Kier alpha value is -0.420. The summed E-state index contributed by atoms with van der Waals surface area (Å²) in [6, 6.07) is 0. The van der Waals surface area contributed by atoms with Gasteiger partial charge in [0.25, 0.3) is 0 Å². The van der Waals surface area contributed by atoms with E-state index in [1.54, 1.807) is 0 Å². The Labute approximate surface area is 133 Å². The largest absolute Gasteiger partial charge is 0.377 e. The van der Waals surface area contributed by atoms with E-state index in [-0.39, 0.29) is 0 Å². The molecule has 0 bridgehead atoms. The maximum atomic E-state index is 5.74. The van der Waals surface area contributed by atoms with Crippen LogP contribution in [0.25, 0.3) is 0 Å². The van der Waals surface area contributed by atoms with Crippen LogP contribution in [0.2, 0.25) is 0 Å². The Kier molecular flexibility index (Phi) is 4.81. The van der Waals surface area contributed by atoms with E-state index in [1.165, 1.54) is 38.5 Å². The Morgan fingerprint density at radius 1 is 0.682 bits per heavy atom. The zero-order valence-corrected chi connectivity index (χ0v) is 13.3. The number of hydrogen-bond acceptors (Lipinski definition) is 4. The fraction of sp³-hybridized carbons (Fsp3) is 0.889. The Bertz CT molecular complexity index is 361. The zero-order chi connectivity index (χ0) is 14.8. The lowest BCUT2D eigenvalue weighted by molar-refractivity contribution is 0.103. The summed E-state index contributed by atoms with van der Waals surface area (Å²) in [6.07, 6.45) is 13.9. The van der Waals surface area contributed by atoms with Gasteiger partial charge in [-0.15, -0.1) is 0 Å². The minimum Gasteiger partial charge on any atom is -0.377 e. The standard InChI is InChI=1S/C18H28O4/c1(7-19-11-13-3-5-15-17(9-13)21-15)2-8-20-12-14-4-6-16-18(10-14)22-16/h1-2,13-18H,3-12H2/b2-1+. The number of fused-ring (bicyclic) bond motifs is 2. The molecule has 0 N–H and O–H groups in total. The maximum Gasteiger partial charge on any atom is 0.0845 e. The van der Waals surface area contributed by atoms with Crippen LogP contribution in [0.15, 0.2) is 12.2 Å². The maximum absolute atomic E-state index is 5.74. The van der Waals surface area contributed by atoms with Crippen molar-refractivity contribution in [3.05, 3.63) is 12.2 Å². The van der Waals surface area contributed by atoms with E-state index < -0.39 is 0 Å². The van der Waals surface area contributed by atoms with Gasteiger partial charge in [0, 0.05) is 13.2 Å². The molecular formula is C18H28O4. The molecular weight excluding hydrogens is 280 g/mol. The third kappa shape index (κ3) is 4.10. The SMILES string of the molecule is C(=C\COCC1CCC2OC2C1)/COCC1CCC2OC2C1. The molecule has 124 valence electrons. The van der Waals surface area contributed by atoms with Crippen molar-refractivity contribution in [1.82, 2.24) is 0 Å². The molecule has 0 aromatic carbocycles. The number of epoxide rings is 2. The van der Waals surface area contributed by atoms with Crippen molar-refractivity contribution in [3.8, 4) is 0 Å². The summed E-state index contributed by atoms with van der Waals surface area (Å²) in [5.74, 6) is 1.40. The number of ether oxygens (including phenoxy) is 4. The molecule has 2 aliphatic heterocycles. The minimum absolute atomic E-state index is 0.558. The monoisotopic (exact) mass is 308 g/mol. The van der Waals surface area contributed by atoms with Crippen LogP contribution in [0.3, 0.4) is 0 Å². The van der Waals surface area contributed by atoms with Crippen molar-refractivity contribution in [3.63, 3.8) is 0 Å². The van der Waals surface area contributed by atoms with Gasteiger partial charge >= 0.3 is 0 Å². The molecule has 0 radical (unpaired) electrons. The predicted octanol–water partition coefficient (Wildman–Crippen LogP) is 2.71. The molecule has 4 fully saturated rings. The van der Waals surface area contributed by atoms with E-state index in [9.17, 15) is 0 Å². The van der Waals surface area contributed by atoms with Crippen LogP contribution in [0, 0.1) is 11.8 Å². The third-order valence-corrected chi connectivity index (χ3v) is 5.53. The molecule has 4 heteroatoms. The summed E-state index contributed by atoms with van der Waals surface area (Å²) in [7, 11) is 0. The number of rotatable bonds is 8. The molecule has 2 saturated carbocycles. The highest BCUT2D eigenvalue weighted by molar-refractivity contribution is 4.92. The van der Waals surface area contributed by atoms with Gasteiger partial charge in [0.15, 0.2) is 0 Å². The molecule has 0 aromatic rings. The van der Waals surface area contributed by atoms with E-state index in [0.717, 1.165) is 13.2 Å². The lowest BCUT2D eigenvalue weighted by atomic mass is 9.90. The summed E-state index contributed by atoms with van der Waals surface area (Å²) in [5.41, 5.74) is 0. The molecule has 6 unspecified atom stereocenters. The Morgan fingerprint density at radius 3 is 1.64 bits per heavy atom. The smallest absolute Gasteiger partial charge is 0.0845 e. The molecule has 4 nitrogen and oxygen atoms in total. The molecule has 2 heterocycles. The van der Waals surface area contributed by atoms with Gasteiger partial charge in [0.05, 0.1) is 37.6 Å². The van der Waals surface area contributed by atoms with Crippen LogP contribution >= 0.6 is 0 Å². The van der Waals surface area contributed by atoms with Crippen molar-refractivity contribution in [2.45, 2.75) is 62.9 Å². The molecule has 0 amide bonds. The van der Waals surface area contributed by atoms with Crippen LogP contribution in [-0.4, -0.2) is 50.8 Å². The topological polar surface area (TPSA) is 43.5 Å². The van der Waals surface area contributed by atoms with Gasteiger partial charge in [-0.05, 0) is 50.4 Å². The molecule has 4 aliphatic rings. The second kappa shape index (κ2) is 7.00. The van der Waals surface area contributed by atoms with E-state index in [4.69, 9.17) is 18.9 Å². The van der Waals surface area contributed by atoms with Crippen molar-refractivity contribution < 1.29 is 18.9 Å². The first kappa shape index (κ1) is 15.1. The van der Waals surface area contributed by atoms with Crippen LogP contribution in [0.1, 0.15) is 38.5 Å². The van der Waals surface area contributed by atoms with Crippen LogP contribution in [0.4, 0.5) is 0 Å². The summed E-state index contributed by atoms with van der Waals surface area (Å²) < 4.78 is 22.6. The minimum atomic E-state index is 0.558. The van der Waals surface area contributed by atoms with E-state index in [0.29, 0.717) is 49.5 Å². The van der Waals surface area contributed by atoms with Gasteiger partial charge in [-0.3, -0.25) is 0 Å². The van der Waals surface area contributed by atoms with Gasteiger partial charge in [-0.1, -0.05) is 12.2 Å². The highest BCUT2D eigenvalue weighted by Gasteiger charge is 2.44. The Morgan fingerprint density at radius 2 is 1.18 bits per heavy atom. The van der Waals surface area contributed by atoms with Crippen molar-refractivity contribution in [2.75, 3.05) is 26.4 Å². The molecule has 6 atom stereocenters. The average Bonchev–Trinajstić information content (AvgIpc) is 3.43. The number of hydrogen-bond donors (Lipinski definition) is 0. The second-order valence-corrected chi connectivity index (χ2v) is 7.33. The van der Waals surface area contributed by atoms with Gasteiger partial charge < -0.3 is 18.9 Å². The summed E-state index contributed by atoms with van der Waals surface area (Å²) in [6.45, 7) is 3.16. The first-order chi connectivity index (χ1) is 10.9. The molecule has 4 rings (SSSR count). The first-order valence-corrected chi connectivity index (χ1v) is 9.00. The van der Waals surface area contributed by atoms with Crippen molar-refractivity contribution in [1.29, 1.82) is 0 Å². The van der Waals surface area contributed by atoms with Crippen molar-refractivity contribution >= 4 is 0 Å². The fourth-order valence-corrected chi connectivity index (χ4v) is 4.02. The van der Waals surface area contributed by atoms with E-state index >= 15 is 0 Å². The second-order valence-electron chi connectivity index (χ2n) is 7.33. The molecule has 0 aromatic heterocycles. The fourth-order valence-electron chi connectivity index (χ4n) is 4.02. The highest BCUT2D eigenvalue weighted by atomic mass is 16.6. The molecule has 0 spiro atoms. The lowest BCUT2D eigenvalue weighted by Gasteiger charge is -2.18. The molecule has 2 saturated heterocycles. The first-order valence-electron chi connectivity index (χ1n) is 9.00. The summed E-state index contributed by atoms with van der Waals surface area (Å²) in [5, 5.41) is 0. The summed E-state index contributed by atoms with van der Waals surface area (Å²) in [4.78, 5) is 0. The Balaban J connectivity index is 0.996. The lowest BCUT2D eigenvalue weighted by Crippen LogP contribution is -2.18. The normalized spacial score (nSPS) is 42.9. The zero-order valence-electron chi connectivity index (χ0n) is 13.3. The van der Waals surface area contributed by atoms with Crippen molar-refractivity contribution in [2.24, 2.45) is 11.8 Å². The van der Waals surface area contributed by atoms with Crippen LogP contribution < -0.4 is 0 Å². The van der Waals surface area contributed by atoms with Gasteiger partial charge in [-0.2, -0.15) is 0 Å². The van der Waals surface area contributed by atoms with Crippen LogP contribution in [-0.2, 0) is 18.9 Å². The quantitative estimate of drug-likeness (QED) is 0.393. The van der Waals surface area contributed by atoms with Gasteiger partial charge in [-0.25, -0.2) is 0 Å². The van der Waals surface area contributed by atoms with E-state index in [1.807, 2.05) is 0 Å². The molecule has 2 aliphatic carbocycles. The van der Waals surface area contributed by atoms with Gasteiger partial charge in [0.1, 0.15) is 0 Å². The highest BCUT2D eigenvalue weighted by Crippen LogP contribution is 2.40. The van der Waals surface area contributed by atoms with Gasteiger partial charge in [0.2, 0.25) is 0 Å². The average molecular weight is 308 g/mol. The molecule has 22 heavy (non-hydrogen) atoms.